The standard InChI is InChI=1S/C25H17BrClF3N2O2/c26-16-9-10-20-18(13-16)17-11-12-32(24(33)34-21-4-2-1-3-19(21)27)23(22(17)31-20)14-5-7-15(8-6-14)25(28,29)30/h1-10,13,23,31H,11-12H2. The van der Waals surface area contributed by atoms with Crippen LogP contribution in [0.3, 0.4) is 0 Å². The van der Waals surface area contributed by atoms with Crippen LogP contribution in [0.2, 0.25) is 5.02 Å². The van der Waals surface area contributed by atoms with Gasteiger partial charge in [0.2, 0.25) is 0 Å². The van der Waals surface area contributed by atoms with Crippen LogP contribution in [0.1, 0.15) is 28.4 Å². The number of alkyl halides is 3. The first kappa shape index (κ1) is 22.8. The third-order valence-corrected chi connectivity index (χ3v) is 6.72. The predicted octanol–water partition coefficient (Wildman–Crippen LogP) is 7.75. The summed E-state index contributed by atoms with van der Waals surface area (Å²) >= 11 is 9.65. The van der Waals surface area contributed by atoms with E-state index in [2.05, 4.69) is 20.9 Å². The highest BCUT2D eigenvalue weighted by Gasteiger charge is 2.37. The molecule has 4 nitrogen and oxygen atoms in total. The van der Waals surface area contributed by atoms with E-state index in [1.54, 1.807) is 24.3 Å². The van der Waals surface area contributed by atoms with Gasteiger partial charge in [-0.25, -0.2) is 4.79 Å². The van der Waals surface area contributed by atoms with Crippen molar-refractivity contribution in [3.8, 4) is 5.75 Å². The Morgan fingerprint density at radius 3 is 2.53 bits per heavy atom. The van der Waals surface area contributed by atoms with Crippen molar-refractivity contribution in [2.24, 2.45) is 0 Å². The minimum Gasteiger partial charge on any atom is -0.409 e. The summed E-state index contributed by atoms with van der Waals surface area (Å²) in [5.74, 6) is 0.215. The van der Waals surface area contributed by atoms with Crippen molar-refractivity contribution in [3.05, 3.63) is 98.6 Å². The largest absolute Gasteiger partial charge is 0.416 e. The topological polar surface area (TPSA) is 45.3 Å². The van der Waals surface area contributed by atoms with Gasteiger partial charge in [-0.3, -0.25) is 4.90 Å². The van der Waals surface area contributed by atoms with Crippen molar-refractivity contribution in [2.45, 2.75) is 18.6 Å². The van der Waals surface area contributed by atoms with Gasteiger partial charge in [0.25, 0.3) is 0 Å². The maximum absolute atomic E-state index is 13.3. The van der Waals surface area contributed by atoms with E-state index in [1.807, 2.05) is 18.2 Å². The first-order valence-corrected chi connectivity index (χ1v) is 11.6. The maximum Gasteiger partial charge on any atom is 0.416 e. The van der Waals surface area contributed by atoms with Crippen LogP contribution in [-0.4, -0.2) is 22.5 Å². The van der Waals surface area contributed by atoms with E-state index < -0.39 is 23.9 Å². The molecule has 0 radical (unpaired) electrons. The SMILES string of the molecule is O=C(Oc1ccccc1Cl)N1CCc2c([nH]c3ccc(Br)cc23)C1c1ccc(C(F)(F)F)cc1. The van der Waals surface area contributed by atoms with Gasteiger partial charge >= 0.3 is 12.3 Å². The lowest BCUT2D eigenvalue weighted by Gasteiger charge is -2.35. The molecule has 1 unspecified atom stereocenters. The van der Waals surface area contributed by atoms with Gasteiger partial charge in [-0.2, -0.15) is 13.2 Å². The summed E-state index contributed by atoms with van der Waals surface area (Å²) in [4.78, 5) is 18.1. The van der Waals surface area contributed by atoms with Crippen molar-refractivity contribution in [2.75, 3.05) is 6.54 Å². The van der Waals surface area contributed by atoms with Gasteiger partial charge in [-0.05, 0) is 60.0 Å². The van der Waals surface area contributed by atoms with Gasteiger partial charge in [0.15, 0.2) is 5.75 Å². The number of hydrogen-bond acceptors (Lipinski definition) is 2. The van der Waals surface area contributed by atoms with Gasteiger partial charge in [-0.1, -0.05) is 51.8 Å². The Labute approximate surface area is 206 Å². The highest BCUT2D eigenvalue weighted by molar-refractivity contribution is 9.10. The molecular weight excluding hydrogens is 533 g/mol. The molecule has 1 amide bonds. The van der Waals surface area contributed by atoms with E-state index in [-0.39, 0.29) is 10.8 Å². The molecule has 1 aliphatic heterocycles. The number of carbonyl (C=O) groups is 1. The lowest BCUT2D eigenvalue weighted by molar-refractivity contribution is -0.137. The molecular formula is C25H17BrClF3N2O2. The third kappa shape index (κ3) is 4.16. The molecule has 0 fully saturated rings. The minimum atomic E-state index is -4.45. The fourth-order valence-corrected chi connectivity index (χ4v) is 4.87. The summed E-state index contributed by atoms with van der Waals surface area (Å²) in [6.07, 6.45) is -4.53. The normalized spacial score (nSPS) is 15.9. The van der Waals surface area contributed by atoms with Gasteiger partial charge in [0.1, 0.15) is 6.04 Å². The zero-order valence-electron chi connectivity index (χ0n) is 17.5. The van der Waals surface area contributed by atoms with E-state index in [0.29, 0.717) is 18.5 Å². The number of aromatic amines is 1. The maximum atomic E-state index is 13.3. The summed E-state index contributed by atoms with van der Waals surface area (Å²) in [7, 11) is 0. The van der Waals surface area contributed by atoms with E-state index >= 15 is 0 Å². The van der Waals surface area contributed by atoms with Crippen LogP contribution in [-0.2, 0) is 12.6 Å². The predicted molar refractivity (Wildman–Crippen MR) is 127 cm³/mol. The molecule has 174 valence electrons. The molecule has 1 aliphatic rings. The van der Waals surface area contributed by atoms with Crippen LogP contribution < -0.4 is 4.74 Å². The molecule has 4 aromatic rings. The van der Waals surface area contributed by atoms with E-state index in [0.717, 1.165) is 38.8 Å². The van der Waals surface area contributed by atoms with Crippen LogP contribution in [0.4, 0.5) is 18.0 Å². The Balaban J connectivity index is 1.59. The lowest BCUT2D eigenvalue weighted by atomic mass is 9.92. The van der Waals surface area contributed by atoms with E-state index in [9.17, 15) is 18.0 Å². The monoisotopic (exact) mass is 548 g/mol. The van der Waals surface area contributed by atoms with E-state index in [1.165, 1.54) is 17.0 Å². The van der Waals surface area contributed by atoms with Crippen LogP contribution >= 0.6 is 27.5 Å². The molecule has 1 aromatic heterocycles. The number of aromatic nitrogens is 1. The number of H-pyrrole nitrogens is 1. The molecule has 2 heterocycles. The number of amides is 1. The summed E-state index contributed by atoms with van der Waals surface area (Å²) in [6.45, 7) is 0.321. The fraction of sp³-hybridized carbons (Fsp3) is 0.160. The number of halogens is 5. The lowest BCUT2D eigenvalue weighted by Crippen LogP contribution is -2.42. The highest BCUT2D eigenvalue weighted by Crippen LogP contribution is 2.40. The second-order valence-corrected chi connectivity index (χ2v) is 9.29. The second-order valence-electron chi connectivity index (χ2n) is 7.97. The molecule has 1 atom stereocenters. The highest BCUT2D eigenvalue weighted by atomic mass is 79.9. The fourth-order valence-electron chi connectivity index (χ4n) is 4.34. The Morgan fingerprint density at radius 2 is 1.82 bits per heavy atom. The van der Waals surface area contributed by atoms with Crippen molar-refractivity contribution < 1.29 is 22.7 Å². The number of nitrogens with zero attached hydrogens (tertiary/aromatic N) is 1. The number of carbonyl (C=O) groups excluding carboxylic acids is 1. The van der Waals surface area contributed by atoms with Crippen molar-refractivity contribution in [3.63, 3.8) is 0 Å². The second kappa shape index (κ2) is 8.67. The van der Waals surface area contributed by atoms with Gasteiger partial charge in [0.05, 0.1) is 10.6 Å². The third-order valence-electron chi connectivity index (χ3n) is 5.91. The van der Waals surface area contributed by atoms with Crippen LogP contribution in [0.15, 0.2) is 71.2 Å². The first-order valence-electron chi connectivity index (χ1n) is 10.4. The molecule has 0 aliphatic carbocycles. The number of ether oxygens (including phenoxy) is 1. The van der Waals surface area contributed by atoms with E-state index in [4.69, 9.17) is 16.3 Å². The Bertz CT molecular complexity index is 1390. The van der Waals surface area contributed by atoms with Gasteiger partial charge in [0, 0.05) is 27.6 Å². The smallest absolute Gasteiger partial charge is 0.409 e. The van der Waals surface area contributed by atoms with Crippen molar-refractivity contribution in [1.82, 2.24) is 9.88 Å². The Kier molecular flexibility index (Phi) is 5.81. The molecule has 9 heteroatoms. The quantitative estimate of drug-likeness (QED) is 0.278. The summed E-state index contributed by atoms with van der Waals surface area (Å²) in [5.41, 5.74) is 2.43. The molecule has 0 saturated heterocycles. The average Bonchev–Trinajstić information content (AvgIpc) is 3.17. The minimum absolute atomic E-state index is 0.215. The van der Waals surface area contributed by atoms with Crippen molar-refractivity contribution >= 4 is 44.5 Å². The number of para-hydroxylation sites is 1. The Hall–Kier alpha value is -2.97. The van der Waals surface area contributed by atoms with Crippen LogP contribution in [0.25, 0.3) is 10.9 Å². The van der Waals surface area contributed by atoms with Gasteiger partial charge < -0.3 is 9.72 Å². The van der Waals surface area contributed by atoms with Crippen LogP contribution in [0.5, 0.6) is 5.75 Å². The number of benzene rings is 3. The molecule has 3 aromatic carbocycles. The molecule has 1 N–H and O–H groups in total. The zero-order chi connectivity index (χ0) is 24.0. The molecule has 5 rings (SSSR count). The molecule has 0 saturated carbocycles. The number of hydrogen-bond donors (Lipinski definition) is 1. The zero-order valence-corrected chi connectivity index (χ0v) is 19.8. The van der Waals surface area contributed by atoms with Gasteiger partial charge in [-0.15, -0.1) is 0 Å². The number of rotatable bonds is 2. The molecule has 34 heavy (non-hydrogen) atoms. The summed E-state index contributed by atoms with van der Waals surface area (Å²) < 4.78 is 46.0. The van der Waals surface area contributed by atoms with Crippen LogP contribution in [0, 0.1) is 0 Å². The number of nitrogens with one attached hydrogen (secondary N) is 1. The summed E-state index contributed by atoms with van der Waals surface area (Å²) in [5, 5.41) is 1.29. The molecule has 0 bridgehead atoms. The Morgan fingerprint density at radius 1 is 1.09 bits per heavy atom. The summed E-state index contributed by atoms with van der Waals surface area (Å²) in [6, 6.07) is 16.6. The molecule has 0 spiro atoms. The number of fused-ring (bicyclic) bond motifs is 3. The first-order chi connectivity index (χ1) is 16.2. The van der Waals surface area contributed by atoms with Crippen molar-refractivity contribution in [1.29, 1.82) is 0 Å². The average molecular weight is 550 g/mol.